The molecule has 68 valence electrons. The minimum absolute atomic E-state index is 0.0860. The third-order valence-electron chi connectivity index (χ3n) is 1.67. The van der Waals surface area contributed by atoms with E-state index in [0.717, 1.165) is 6.07 Å². The largest absolute Gasteiger partial charge is 0.481 e. The number of hydrogen-bond donors (Lipinski definition) is 1. The summed E-state index contributed by atoms with van der Waals surface area (Å²) in [5.41, 5.74) is 0.371. The van der Waals surface area contributed by atoms with Gasteiger partial charge in [0, 0.05) is 0 Å². The molecule has 0 bridgehead atoms. The Hall–Kier alpha value is -1.23. The molecule has 1 aromatic rings. The van der Waals surface area contributed by atoms with Crippen LogP contribution in [0.2, 0.25) is 0 Å². The van der Waals surface area contributed by atoms with Gasteiger partial charge in [0.25, 0.3) is 0 Å². The lowest BCUT2D eigenvalue weighted by molar-refractivity contribution is 0.342. The molecule has 1 aliphatic heterocycles. The van der Waals surface area contributed by atoms with Crippen LogP contribution in [0.1, 0.15) is 0 Å². The first-order valence-corrected chi connectivity index (χ1v) is 4.00. The highest BCUT2D eigenvalue weighted by Gasteiger charge is 2.19. The van der Waals surface area contributed by atoms with Crippen molar-refractivity contribution < 1.29 is 13.5 Å². The van der Waals surface area contributed by atoms with E-state index in [1.807, 2.05) is 0 Å². The Kier molecular flexibility index (Phi) is 1.88. The summed E-state index contributed by atoms with van der Waals surface area (Å²) < 4.78 is 30.6. The van der Waals surface area contributed by atoms with Crippen molar-refractivity contribution in [3.63, 3.8) is 0 Å². The van der Waals surface area contributed by atoms with Gasteiger partial charge in [0.15, 0.2) is 11.6 Å². The number of fused-ring (bicyclic) bond motifs is 1. The van der Waals surface area contributed by atoms with E-state index in [-0.39, 0.29) is 12.4 Å². The Bertz CT molecular complexity index is 381. The van der Waals surface area contributed by atoms with Gasteiger partial charge in [0.1, 0.15) is 11.6 Å². The number of benzene rings is 1. The molecule has 1 heterocycles. The van der Waals surface area contributed by atoms with Gasteiger partial charge in [-0.15, -0.1) is 0 Å². The summed E-state index contributed by atoms with van der Waals surface area (Å²) in [6.45, 7) is 0.0860. The third-order valence-corrected chi connectivity index (χ3v) is 1.89. The predicted molar refractivity (Wildman–Crippen MR) is 48.1 cm³/mol. The number of hydrogen-bond acceptors (Lipinski definition) is 2. The molecule has 2 rings (SSSR count). The summed E-state index contributed by atoms with van der Waals surface area (Å²) in [5.74, 6) is -2.01. The van der Waals surface area contributed by atoms with Crippen LogP contribution in [-0.2, 0) is 0 Å². The molecule has 1 aliphatic rings. The molecule has 0 fully saturated rings. The zero-order valence-electron chi connectivity index (χ0n) is 6.43. The quantitative estimate of drug-likeness (QED) is 0.649. The van der Waals surface area contributed by atoms with Crippen molar-refractivity contribution in [2.24, 2.45) is 0 Å². The third kappa shape index (κ3) is 1.35. The minimum atomic E-state index is -0.979. The zero-order valence-corrected chi connectivity index (χ0v) is 7.25. The van der Waals surface area contributed by atoms with Gasteiger partial charge in [-0.25, -0.2) is 4.39 Å². The van der Waals surface area contributed by atoms with Gasteiger partial charge in [-0.3, -0.25) is 0 Å². The molecular formula is C8H5F2NOS. The topological polar surface area (TPSA) is 21.3 Å². The summed E-state index contributed by atoms with van der Waals surface area (Å²) in [6, 6.07) is 2.41. The summed E-state index contributed by atoms with van der Waals surface area (Å²) in [4.78, 5) is 0.457. The lowest BCUT2D eigenvalue weighted by Crippen LogP contribution is -2.24. The maximum absolute atomic E-state index is 13.0. The smallest absolute Gasteiger partial charge is 0.202 e. The molecule has 2 nitrogen and oxygen atoms in total. The molecule has 0 saturated heterocycles. The Morgan fingerprint density at radius 1 is 1.38 bits per heavy atom. The van der Waals surface area contributed by atoms with Crippen molar-refractivity contribution in [2.75, 3.05) is 11.9 Å². The molecule has 1 N–H and O–H groups in total. The maximum Gasteiger partial charge on any atom is 0.202 e. The highest BCUT2D eigenvalue weighted by Crippen LogP contribution is 2.31. The lowest BCUT2D eigenvalue weighted by atomic mass is 10.2. The van der Waals surface area contributed by atoms with Crippen LogP contribution in [0.3, 0.4) is 0 Å². The van der Waals surface area contributed by atoms with E-state index in [4.69, 9.17) is 17.0 Å². The van der Waals surface area contributed by atoms with E-state index in [2.05, 4.69) is 5.32 Å². The van der Waals surface area contributed by atoms with E-state index in [9.17, 15) is 8.78 Å². The van der Waals surface area contributed by atoms with Crippen LogP contribution < -0.4 is 10.1 Å². The first-order chi connectivity index (χ1) is 6.18. The molecule has 0 saturated carbocycles. The second kappa shape index (κ2) is 2.92. The SMILES string of the molecule is Fc1ccc2c(c1F)OCC(=S)N2. The standard InChI is InChI=1S/C8H5F2NOS/c9-4-1-2-5-8(7(4)10)12-3-6(13)11-5/h1-2H,3H2,(H,11,13). The highest BCUT2D eigenvalue weighted by molar-refractivity contribution is 7.80. The number of ether oxygens (including phenoxy) is 1. The molecule has 5 heteroatoms. The molecular weight excluding hydrogens is 196 g/mol. The number of thiocarbonyl (C=S) groups is 1. The van der Waals surface area contributed by atoms with Crippen molar-refractivity contribution in [1.82, 2.24) is 0 Å². The molecule has 13 heavy (non-hydrogen) atoms. The predicted octanol–water partition coefficient (Wildman–Crippen LogP) is 2.10. The Morgan fingerprint density at radius 3 is 2.92 bits per heavy atom. The average molecular weight is 201 g/mol. The van der Waals surface area contributed by atoms with Crippen molar-refractivity contribution in [3.05, 3.63) is 23.8 Å². The first kappa shape index (κ1) is 8.37. The Balaban J connectivity index is 2.53. The fourth-order valence-electron chi connectivity index (χ4n) is 1.10. The van der Waals surface area contributed by atoms with Gasteiger partial charge < -0.3 is 10.1 Å². The van der Waals surface area contributed by atoms with Crippen LogP contribution >= 0.6 is 12.2 Å². The number of anilines is 1. The summed E-state index contributed by atoms with van der Waals surface area (Å²) in [7, 11) is 0. The number of rotatable bonds is 0. The maximum atomic E-state index is 13.0. The van der Waals surface area contributed by atoms with Crippen LogP contribution in [0.15, 0.2) is 12.1 Å². The summed E-state index contributed by atoms with van der Waals surface area (Å²) in [6.07, 6.45) is 0. The van der Waals surface area contributed by atoms with Gasteiger partial charge in [-0.1, -0.05) is 12.2 Å². The van der Waals surface area contributed by atoms with Gasteiger partial charge in [-0.2, -0.15) is 4.39 Å². The second-order valence-electron chi connectivity index (χ2n) is 2.57. The van der Waals surface area contributed by atoms with Crippen LogP contribution in [0.5, 0.6) is 5.75 Å². The number of nitrogens with one attached hydrogen (secondary N) is 1. The van der Waals surface area contributed by atoms with Crippen LogP contribution in [0.25, 0.3) is 0 Å². The fourth-order valence-corrected chi connectivity index (χ4v) is 1.26. The van der Waals surface area contributed by atoms with Crippen molar-refractivity contribution in [3.8, 4) is 5.75 Å². The van der Waals surface area contributed by atoms with Crippen LogP contribution in [-0.4, -0.2) is 11.6 Å². The van der Waals surface area contributed by atoms with E-state index >= 15 is 0 Å². The summed E-state index contributed by atoms with van der Waals surface area (Å²) >= 11 is 4.81. The molecule has 0 aliphatic carbocycles. The minimum Gasteiger partial charge on any atom is -0.481 e. The zero-order chi connectivity index (χ0) is 9.42. The van der Waals surface area contributed by atoms with E-state index in [1.165, 1.54) is 6.07 Å². The monoisotopic (exact) mass is 201 g/mol. The molecule has 0 aromatic heterocycles. The molecule has 0 atom stereocenters. The Morgan fingerprint density at radius 2 is 2.15 bits per heavy atom. The van der Waals surface area contributed by atoms with E-state index < -0.39 is 11.6 Å². The van der Waals surface area contributed by atoms with Crippen molar-refractivity contribution in [1.29, 1.82) is 0 Å². The fraction of sp³-hybridized carbons (Fsp3) is 0.125. The van der Waals surface area contributed by atoms with E-state index in [0.29, 0.717) is 10.7 Å². The first-order valence-electron chi connectivity index (χ1n) is 3.59. The normalized spacial score (nSPS) is 14.5. The highest BCUT2D eigenvalue weighted by atomic mass is 32.1. The van der Waals surface area contributed by atoms with Crippen molar-refractivity contribution >= 4 is 22.9 Å². The van der Waals surface area contributed by atoms with Crippen molar-refractivity contribution in [2.45, 2.75) is 0 Å². The molecule has 0 spiro atoms. The van der Waals surface area contributed by atoms with Gasteiger partial charge >= 0.3 is 0 Å². The van der Waals surface area contributed by atoms with Crippen LogP contribution in [0, 0.1) is 11.6 Å². The van der Waals surface area contributed by atoms with Gasteiger partial charge in [0.05, 0.1) is 5.69 Å². The molecule has 0 amide bonds. The van der Waals surface area contributed by atoms with Gasteiger partial charge in [0.2, 0.25) is 5.82 Å². The Labute approximate surface area is 78.5 Å². The van der Waals surface area contributed by atoms with Gasteiger partial charge in [-0.05, 0) is 12.1 Å². The molecule has 0 radical (unpaired) electrons. The number of halogens is 2. The van der Waals surface area contributed by atoms with E-state index in [1.54, 1.807) is 0 Å². The second-order valence-corrected chi connectivity index (χ2v) is 3.07. The lowest BCUT2D eigenvalue weighted by Gasteiger charge is -2.19. The average Bonchev–Trinajstić information content (AvgIpc) is 2.12. The molecule has 1 aromatic carbocycles. The molecule has 0 unspecified atom stereocenters. The summed E-state index contributed by atoms with van der Waals surface area (Å²) in [5, 5.41) is 2.73. The van der Waals surface area contributed by atoms with Crippen LogP contribution in [0.4, 0.5) is 14.5 Å².